The second-order valence-electron chi connectivity index (χ2n) is 3.51. The van der Waals surface area contributed by atoms with Gasteiger partial charge in [-0.2, -0.15) is 10.4 Å². The van der Waals surface area contributed by atoms with Crippen LogP contribution in [-0.4, -0.2) is 10.2 Å². The van der Waals surface area contributed by atoms with E-state index in [1.807, 2.05) is 24.5 Å². The summed E-state index contributed by atoms with van der Waals surface area (Å²) in [6.07, 6.45) is 3.69. The summed E-state index contributed by atoms with van der Waals surface area (Å²) in [5.41, 5.74) is 1.14. The molecule has 0 fully saturated rings. The maximum atomic E-state index is 8.71. The van der Waals surface area contributed by atoms with Gasteiger partial charge in [0, 0.05) is 29.2 Å². The Morgan fingerprint density at radius 1 is 1.62 bits per heavy atom. The molecule has 1 unspecified atom stereocenters. The van der Waals surface area contributed by atoms with Crippen LogP contribution in [0.25, 0.3) is 0 Å². The minimum atomic E-state index is 0.256. The fourth-order valence-corrected chi connectivity index (χ4v) is 2.16. The lowest BCUT2D eigenvalue weighted by Gasteiger charge is -2.10. The molecule has 0 saturated heterocycles. The summed E-state index contributed by atoms with van der Waals surface area (Å²) in [6, 6.07) is 6.23. The third-order valence-electron chi connectivity index (χ3n) is 2.37. The fourth-order valence-electron chi connectivity index (χ4n) is 1.40. The van der Waals surface area contributed by atoms with Crippen molar-refractivity contribution in [2.45, 2.75) is 19.5 Å². The van der Waals surface area contributed by atoms with E-state index >= 15 is 0 Å². The summed E-state index contributed by atoms with van der Waals surface area (Å²) >= 11 is 1.53. The van der Waals surface area contributed by atoms with Crippen LogP contribution in [0.1, 0.15) is 28.3 Å². The standard InChI is InChI=1S/C11H12N4S/c1-8(9-5-14-15-6-9)13-7-11-3-2-10(4-12)16-11/h2-3,5-6,8,13H,7H2,1H3,(H,14,15). The van der Waals surface area contributed by atoms with E-state index in [1.165, 1.54) is 16.2 Å². The zero-order valence-corrected chi connectivity index (χ0v) is 9.71. The summed E-state index contributed by atoms with van der Waals surface area (Å²) in [7, 11) is 0. The molecule has 5 heteroatoms. The molecule has 0 aliphatic rings. The lowest BCUT2D eigenvalue weighted by atomic mass is 10.2. The van der Waals surface area contributed by atoms with Crippen LogP contribution in [0, 0.1) is 11.3 Å². The molecule has 16 heavy (non-hydrogen) atoms. The molecule has 2 N–H and O–H groups in total. The number of thiophene rings is 1. The highest BCUT2D eigenvalue weighted by molar-refractivity contribution is 7.12. The molecule has 0 saturated carbocycles. The number of H-pyrrole nitrogens is 1. The smallest absolute Gasteiger partial charge is 0.110 e. The Morgan fingerprint density at radius 2 is 2.50 bits per heavy atom. The van der Waals surface area contributed by atoms with E-state index in [4.69, 9.17) is 5.26 Å². The average Bonchev–Trinajstić information content (AvgIpc) is 2.96. The van der Waals surface area contributed by atoms with Gasteiger partial charge in [-0.05, 0) is 19.1 Å². The highest BCUT2D eigenvalue weighted by atomic mass is 32.1. The number of nitrogens with one attached hydrogen (secondary N) is 2. The maximum absolute atomic E-state index is 8.71. The van der Waals surface area contributed by atoms with Crippen molar-refractivity contribution in [1.82, 2.24) is 15.5 Å². The molecular formula is C11H12N4S. The van der Waals surface area contributed by atoms with Gasteiger partial charge in [-0.15, -0.1) is 11.3 Å². The Bertz CT molecular complexity index is 480. The van der Waals surface area contributed by atoms with Gasteiger partial charge in [0.25, 0.3) is 0 Å². The van der Waals surface area contributed by atoms with Crippen molar-refractivity contribution in [1.29, 1.82) is 5.26 Å². The molecule has 2 rings (SSSR count). The Morgan fingerprint density at radius 3 is 3.12 bits per heavy atom. The van der Waals surface area contributed by atoms with Crippen molar-refractivity contribution in [3.8, 4) is 6.07 Å². The number of rotatable bonds is 4. The lowest BCUT2D eigenvalue weighted by molar-refractivity contribution is 0.579. The first-order valence-corrected chi connectivity index (χ1v) is 5.82. The molecule has 0 spiro atoms. The van der Waals surface area contributed by atoms with Crippen LogP contribution < -0.4 is 5.32 Å². The quantitative estimate of drug-likeness (QED) is 0.849. The number of nitrogens with zero attached hydrogens (tertiary/aromatic N) is 2. The summed E-state index contributed by atoms with van der Waals surface area (Å²) in [5, 5.41) is 18.8. The van der Waals surface area contributed by atoms with Crippen LogP contribution >= 0.6 is 11.3 Å². The van der Waals surface area contributed by atoms with Gasteiger partial charge in [-0.1, -0.05) is 0 Å². The Balaban J connectivity index is 1.90. The van der Waals surface area contributed by atoms with E-state index in [-0.39, 0.29) is 6.04 Å². The molecule has 2 aromatic heterocycles. The number of aromatic amines is 1. The second kappa shape index (κ2) is 4.92. The summed E-state index contributed by atoms with van der Waals surface area (Å²) in [4.78, 5) is 1.93. The van der Waals surface area contributed by atoms with Crippen LogP contribution in [0.3, 0.4) is 0 Å². The Labute approximate surface area is 97.9 Å². The third kappa shape index (κ3) is 2.48. The van der Waals surface area contributed by atoms with Gasteiger partial charge in [0.2, 0.25) is 0 Å². The molecular weight excluding hydrogens is 220 g/mol. The topological polar surface area (TPSA) is 64.5 Å². The molecule has 0 aliphatic carbocycles. The first-order chi connectivity index (χ1) is 7.79. The van der Waals surface area contributed by atoms with E-state index in [2.05, 4.69) is 28.5 Å². The van der Waals surface area contributed by atoms with E-state index in [9.17, 15) is 0 Å². The van der Waals surface area contributed by atoms with Crippen LogP contribution in [0.15, 0.2) is 24.5 Å². The van der Waals surface area contributed by atoms with Gasteiger partial charge in [0.1, 0.15) is 10.9 Å². The minimum absolute atomic E-state index is 0.256. The van der Waals surface area contributed by atoms with Crippen molar-refractivity contribution < 1.29 is 0 Å². The summed E-state index contributed by atoms with van der Waals surface area (Å²) < 4.78 is 0. The van der Waals surface area contributed by atoms with Crippen LogP contribution in [0.5, 0.6) is 0 Å². The van der Waals surface area contributed by atoms with Crippen LogP contribution in [0.2, 0.25) is 0 Å². The molecule has 1 atom stereocenters. The van der Waals surface area contributed by atoms with Gasteiger partial charge in [-0.3, -0.25) is 5.10 Å². The predicted octanol–water partition coefficient (Wildman–Crippen LogP) is 2.19. The van der Waals surface area contributed by atoms with Crippen molar-refractivity contribution >= 4 is 11.3 Å². The first kappa shape index (κ1) is 10.9. The largest absolute Gasteiger partial charge is 0.305 e. The van der Waals surface area contributed by atoms with Gasteiger partial charge in [0.15, 0.2) is 0 Å². The van der Waals surface area contributed by atoms with E-state index in [0.29, 0.717) is 0 Å². The number of hydrogen-bond acceptors (Lipinski definition) is 4. The lowest BCUT2D eigenvalue weighted by Crippen LogP contribution is -2.16. The summed E-state index contributed by atoms with van der Waals surface area (Å²) in [6.45, 7) is 2.86. The Hall–Kier alpha value is -1.64. The van der Waals surface area contributed by atoms with Crippen LogP contribution in [-0.2, 0) is 6.54 Å². The van der Waals surface area contributed by atoms with Crippen LogP contribution in [0.4, 0.5) is 0 Å². The predicted molar refractivity (Wildman–Crippen MR) is 62.9 cm³/mol. The molecule has 2 heterocycles. The second-order valence-corrected chi connectivity index (χ2v) is 4.68. The van der Waals surface area contributed by atoms with Crippen molar-refractivity contribution in [2.75, 3.05) is 0 Å². The van der Waals surface area contributed by atoms with E-state index in [1.54, 1.807) is 0 Å². The molecule has 0 bridgehead atoms. The molecule has 0 amide bonds. The zero-order chi connectivity index (χ0) is 11.4. The average molecular weight is 232 g/mol. The summed E-state index contributed by atoms with van der Waals surface area (Å²) in [5.74, 6) is 0. The number of aromatic nitrogens is 2. The van der Waals surface area contributed by atoms with Crippen molar-refractivity contribution in [2.24, 2.45) is 0 Å². The molecule has 0 aliphatic heterocycles. The monoisotopic (exact) mass is 232 g/mol. The molecule has 0 aromatic carbocycles. The normalized spacial score (nSPS) is 12.2. The van der Waals surface area contributed by atoms with Gasteiger partial charge in [0.05, 0.1) is 6.20 Å². The molecule has 82 valence electrons. The van der Waals surface area contributed by atoms with Gasteiger partial charge < -0.3 is 5.32 Å². The van der Waals surface area contributed by atoms with Crippen molar-refractivity contribution in [3.05, 3.63) is 39.8 Å². The highest BCUT2D eigenvalue weighted by Gasteiger charge is 2.06. The van der Waals surface area contributed by atoms with E-state index < -0.39 is 0 Å². The number of hydrogen-bond donors (Lipinski definition) is 2. The maximum Gasteiger partial charge on any atom is 0.110 e. The zero-order valence-electron chi connectivity index (χ0n) is 8.90. The molecule has 2 aromatic rings. The number of nitriles is 1. The van der Waals surface area contributed by atoms with Crippen molar-refractivity contribution in [3.63, 3.8) is 0 Å². The highest BCUT2D eigenvalue weighted by Crippen LogP contribution is 2.17. The third-order valence-corrected chi connectivity index (χ3v) is 3.36. The molecule has 0 radical (unpaired) electrons. The first-order valence-electron chi connectivity index (χ1n) is 5.00. The molecule has 4 nitrogen and oxygen atoms in total. The van der Waals surface area contributed by atoms with Gasteiger partial charge >= 0.3 is 0 Å². The van der Waals surface area contributed by atoms with Gasteiger partial charge in [-0.25, -0.2) is 0 Å². The van der Waals surface area contributed by atoms with E-state index in [0.717, 1.165) is 17.0 Å². The fraction of sp³-hybridized carbons (Fsp3) is 0.273. The SMILES string of the molecule is CC(NCc1ccc(C#N)s1)c1cn[nH]c1. The Kier molecular flexibility index (Phi) is 3.34. The minimum Gasteiger partial charge on any atom is -0.305 e.